The standard InChI is InChI=1S/C13H17NO3/c14-10-7-4-8-11(12(10)13(15)16)17-9-5-2-1-3-6-9/h4,7-9H,1-3,5-6,14H2,(H,15,16). The molecule has 0 saturated heterocycles. The van der Waals surface area contributed by atoms with Gasteiger partial charge in [0.05, 0.1) is 6.10 Å². The van der Waals surface area contributed by atoms with E-state index in [1.54, 1.807) is 18.2 Å². The SMILES string of the molecule is Nc1cccc(OC2CCCCC2)c1C(=O)O. The van der Waals surface area contributed by atoms with E-state index in [0.29, 0.717) is 5.75 Å². The second kappa shape index (κ2) is 5.08. The monoisotopic (exact) mass is 235 g/mol. The maximum absolute atomic E-state index is 11.1. The van der Waals surface area contributed by atoms with Gasteiger partial charge in [-0.05, 0) is 37.8 Å². The summed E-state index contributed by atoms with van der Waals surface area (Å²) in [4.78, 5) is 11.1. The fourth-order valence-electron chi connectivity index (χ4n) is 2.24. The minimum atomic E-state index is -1.03. The molecule has 1 aliphatic rings. The fourth-order valence-corrected chi connectivity index (χ4v) is 2.24. The number of hydrogen-bond acceptors (Lipinski definition) is 3. The molecule has 1 aliphatic carbocycles. The highest BCUT2D eigenvalue weighted by molar-refractivity contribution is 5.96. The summed E-state index contributed by atoms with van der Waals surface area (Å²) < 4.78 is 5.77. The number of rotatable bonds is 3. The molecule has 0 aliphatic heterocycles. The summed E-state index contributed by atoms with van der Waals surface area (Å²) in [5.74, 6) is -0.640. The second-order valence-electron chi connectivity index (χ2n) is 4.40. The summed E-state index contributed by atoms with van der Waals surface area (Å²) in [5.41, 5.74) is 6.00. The van der Waals surface area contributed by atoms with Gasteiger partial charge in [0.15, 0.2) is 0 Å². The first kappa shape index (κ1) is 11.8. The van der Waals surface area contributed by atoms with Crippen molar-refractivity contribution in [2.24, 2.45) is 0 Å². The number of hydrogen-bond donors (Lipinski definition) is 2. The Labute approximate surface area is 100 Å². The van der Waals surface area contributed by atoms with Crippen molar-refractivity contribution in [3.05, 3.63) is 23.8 Å². The lowest BCUT2D eigenvalue weighted by molar-refractivity contribution is 0.0687. The van der Waals surface area contributed by atoms with Crippen molar-refractivity contribution < 1.29 is 14.6 Å². The Hall–Kier alpha value is -1.71. The lowest BCUT2D eigenvalue weighted by Gasteiger charge is -2.24. The molecule has 4 heteroatoms. The van der Waals surface area contributed by atoms with E-state index in [0.717, 1.165) is 25.7 Å². The van der Waals surface area contributed by atoms with Crippen LogP contribution in [0.2, 0.25) is 0 Å². The minimum Gasteiger partial charge on any atom is -0.489 e. The van der Waals surface area contributed by atoms with Gasteiger partial charge in [-0.25, -0.2) is 4.79 Å². The number of benzene rings is 1. The Balaban J connectivity index is 2.19. The van der Waals surface area contributed by atoms with Gasteiger partial charge in [0.1, 0.15) is 11.3 Å². The van der Waals surface area contributed by atoms with E-state index in [1.165, 1.54) is 6.42 Å². The first-order chi connectivity index (χ1) is 8.18. The normalized spacial score (nSPS) is 16.7. The molecule has 1 fully saturated rings. The Bertz CT molecular complexity index is 411. The van der Waals surface area contributed by atoms with E-state index >= 15 is 0 Å². The van der Waals surface area contributed by atoms with Crippen LogP contribution in [-0.4, -0.2) is 17.2 Å². The predicted octanol–water partition coefficient (Wildman–Crippen LogP) is 2.68. The number of ether oxygens (including phenoxy) is 1. The zero-order chi connectivity index (χ0) is 12.3. The third-order valence-corrected chi connectivity index (χ3v) is 3.12. The molecule has 0 unspecified atom stereocenters. The average Bonchev–Trinajstić information content (AvgIpc) is 2.30. The molecule has 0 atom stereocenters. The molecule has 0 spiro atoms. The second-order valence-corrected chi connectivity index (χ2v) is 4.40. The minimum absolute atomic E-state index is 0.0815. The van der Waals surface area contributed by atoms with E-state index in [4.69, 9.17) is 15.6 Å². The zero-order valence-electron chi connectivity index (χ0n) is 9.69. The molecule has 0 radical (unpaired) electrons. The molecule has 92 valence electrons. The molecular weight excluding hydrogens is 218 g/mol. The maximum Gasteiger partial charge on any atom is 0.341 e. The van der Waals surface area contributed by atoms with Crippen molar-refractivity contribution in [3.63, 3.8) is 0 Å². The summed E-state index contributed by atoms with van der Waals surface area (Å²) >= 11 is 0. The molecule has 0 bridgehead atoms. The van der Waals surface area contributed by atoms with Gasteiger partial charge >= 0.3 is 5.97 Å². The molecule has 1 saturated carbocycles. The van der Waals surface area contributed by atoms with Crippen LogP contribution in [0, 0.1) is 0 Å². The van der Waals surface area contributed by atoms with Crippen LogP contribution in [0.5, 0.6) is 5.75 Å². The topological polar surface area (TPSA) is 72.5 Å². The third-order valence-electron chi connectivity index (χ3n) is 3.12. The first-order valence-electron chi connectivity index (χ1n) is 5.97. The van der Waals surface area contributed by atoms with E-state index < -0.39 is 5.97 Å². The summed E-state index contributed by atoms with van der Waals surface area (Å²) in [6, 6.07) is 4.98. The molecule has 3 N–H and O–H groups in total. The van der Waals surface area contributed by atoms with Crippen molar-refractivity contribution in [1.82, 2.24) is 0 Å². The Morgan fingerprint density at radius 2 is 2.00 bits per heavy atom. The van der Waals surface area contributed by atoms with Crippen LogP contribution in [0.15, 0.2) is 18.2 Å². The van der Waals surface area contributed by atoms with Gasteiger partial charge < -0.3 is 15.6 Å². The Morgan fingerprint density at radius 3 is 2.65 bits per heavy atom. The first-order valence-corrected chi connectivity index (χ1v) is 5.97. The molecule has 2 rings (SSSR count). The molecule has 0 amide bonds. The van der Waals surface area contributed by atoms with Crippen LogP contribution in [0.3, 0.4) is 0 Å². The van der Waals surface area contributed by atoms with Crippen LogP contribution >= 0.6 is 0 Å². The number of aromatic carboxylic acids is 1. The molecular formula is C13H17NO3. The van der Waals surface area contributed by atoms with Gasteiger partial charge in [0, 0.05) is 5.69 Å². The Kier molecular flexibility index (Phi) is 3.52. The zero-order valence-corrected chi connectivity index (χ0v) is 9.69. The van der Waals surface area contributed by atoms with Gasteiger partial charge in [-0.3, -0.25) is 0 Å². The van der Waals surface area contributed by atoms with Gasteiger partial charge in [-0.15, -0.1) is 0 Å². The lowest BCUT2D eigenvalue weighted by atomic mass is 9.97. The largest absolute Gasteiger partial charge is 0.489 e. The number of carboxylic acids is 1. The summed E-state index contributed by atoms with van der Waals surface area (Å²) in [5, 5.41) is 9.12. The Morgan fingerprint density at radius 1 is 1.29 bits per heavy atom. The quantitative estimate of drug-likeness (QED) is 0.790. The highest BCUT2D eigenvalue weighted by Crippen LogP contribution is 2.29. The highest BCUT2D eigenvalue weighted by atomic mass is 16.5. The van der Waals surface area contributed by atoms with E-state index in [-0.39, 0.29) is 17.4 Å². The van der Waals surface area contributed by atoms with Crippen LogP contribution in [0.1, 0.15) is 42.5 Å². The van der Waals surface area contributed by atoms with Crippen LogP contribution in [-0.2, 0) is 0 Å². The van der Waals surface area contributed by atoms with Crippen molar-refractivity contribution in [2.75, 3.05) is 5.73 Å². The fraction of sp³-hybridized carbons (Fsp3) is 0.462. The van der Waals surface area contributed by atoms with E-state index in [1.807, 2.05) is 0 Å². The van der Waals surface area contributed by atoms with Crippen molar-refractivity contribution >= 4 is 11.7 Å². The number of carboxylic acid groups (broad SMARTS) is 1. The molecule has 0 heterocycles. The van der Waals surface area contributed by atoms with Gasteiger partial charge in [-0.2, -0.15) is 0 Å². The van der Waals surface area contributed by atoms with Crippen molar-refractivity contribution in [2.45, 2.75) is 38.2 Å². The van der Waals surface area contributed by atoms with E-state index in [9.17, 15) is 4.79 Å². The number of nitrogen functional groups attached to an aromatic ring is 1. The van der Waals surface area contributed by atoms with E-state index in [2.05, 4.69) is 0 Å². The number of carbonyl (C=O) groups is 1. The maximum atomic E-state index is 11.1. The highest BCUT2D eigenvalue weighted by Gasteiger charge is 2.20. The average molecular weight is 235 g/mol. The third kappa shape index (κ3) is 2.70. The molecule has 1 aromatic carbocycles. The van der Waals surface area contributed by atoms with Crippen molar-refractivity contribution in [3.8, 4) is 5.75 Å². The number of anilines is 1. The van der Waals surface area contributed by atoms with Gasteiger partial charge in [0.25, 0.3) is 0 Å². The molecule has 1 aromatic rings. The van der Waals surface area contributed by atoms with Crippen LogP contribution in [0.25, 0.3) is 0 Å². The summed E-state index contributed by atoms with van der Waals surface area (Å²) in [7, 11) is 0. The van der Waals surface area contributed by atoms with Crippen LogP contribution in [0.4, 0.5) is 5.69 Å². The van der Waals surface area contributed by atoms with Gasteiger partial charge in [0.2, 0.25) is 0 Å². The van der Waals surface area contributed by atoms with Gasteiger partial charge in [-0.1, -0.05) is 12.5 Å². The summed E-state index contributed by atoms with van der Waals surface area (Å²) in [6.07, 6.45) is 5.65. The molecule has 4 nitrogen and oxygen atoms in total. The molecule has 17 heavy (non-hydrogen) atoms. The lowest BCUT2D eigenvalue weighted by Crippen LogP contribution is -2.21. The summed E-state index contributed by atoms with van der Waals surface area (Å²) in [6.45, 7) is 0. The smallest absolute Gasteiger partial charge is 0.341 e. The van der Waals surface area contributed by atoms with Crippen LogP contribution < -0.4 is 10.5 Å². The van der Waals surface area contributed by atoms with Crippen molar-refractivity contribution in [1.29, 1.82) is 0 Å². The molecule has 0 aromatic heterocycles. The number of nitrogens with two attached hydrogens (primary N) is 1. The predicted molar refractivity (Wildman–Crippen MR) is 65.3 cm³/mol.